The lowest BCUT2D eigenvalue weighted by Crippen LogP contribution is -2.99. The van der Waals surface area contributed by atoms with Crippen LogP contribution in [0, 0.1) is 11.1 Å². The Morgan fingerprint density at radius 3 is 2.80 bits per heavy atom. The molecule has 9 nitrogen and oxygen atoms in total. The van der Waals surface area contributed by atoms with E-state index in [2.05, 4.69) is 0 Å². The molecule has 1 aromatic rings. The van der Waals surface area contributed by atoms with Crippen molar-refractivity contribution in [3.05, 3.63) is 46.3 Å². The molecule has 0 radical (unpaired) electrons. The van der Waals surface area contributed by atoms with Gasteiger partial charge in [-0.1, -0.05) is 12.1 Å². The molecule has 0 aliphatic carbocycles. The highest BCUT2D eigenvalue weighted by Gasteiger charge is 2.57. The Balaban J connectivity index is 2.28. The minimum absolute atomic E-state index is 0.0640. The normalized spacial score (nSPS) is 27.3. The van der Waals surface area contributed by atoms with E-state index >= 15 is 0 Å². The first-order chi connectivity index (χ1) is 14.3. The van der Waals surface area contributed by atoms with Crippen LogP contribution in [0.3, 0.4) is 0 Å². The van der Waals surface area contributed by atoms with E-state index in [9.17, 15) is 20.0 Å². The molecule has 30 heavy (non-hydrogen) atoms. The zero-order valence-corrected chi connectivity index (χ0v) is 17.6. The van der Waals surface area contributed by atoms with Crippen molar-refractivity contribution in [3.8, 4) is 0 Å². The molecule has 0 spiro atoms. The quantitative estimate of drug-likeness (QED) is 0.541. The topological polar surface area (TPSA) is 113 Å². The zero-order chi connectivity index (χ0) is 22.1. The number of nitrogens with zero attached hydrogens (tertiary/aromatic N) is 1. The fourth-order valence-electron chi connectivity index (χ4n) is 4.60. The molecular formula is C21H28N2O7. The molecule has 0 amide bonds. The summed E-state index contributed by atoms with van der Waals surface area (Å²) in [5.74, 6) is -2.75. The molecule has 4 atom stereocenters. The van der Waals surface area contributed by atoms with Gasteiger partial charge in [-0.2, -0.15) is 5.23 Å². The maximum absolute atomic E-state index is 13.0. The highest BCUT2D eigenvalue weighted by Crippen LogP contribution is 2.50. The average molecular weight is 420 g/mol. The molecule has 2 aliphatic heterocycles. The molecule has 2 aliphatic rings. The molecule has 2 N–H and O–H groups in total. The van der Waals surface area contributed by atoms with Crippen LogP contribution in [0.4, 0.5) is 5.69 Å². The Labute approximate surface area is 175 Å². The number of rotatable bonds is 5. The van der Waals surface area contributed by atoms with Gasteiger partial charge in [0.25, 0.3) is 0 Å². The number of nitrogens with one attached hydrogen (secondary N) is 1. The van der Waals surface area contributed by atoms with Crippen LogP contribution in [0.1, 0.15) is 38.7 Å². The number of esters is 2. The Bertz CT molecular complexity index is 854. The minimum Gasteiger partial charge on any atom is -0.595 e. The highest BCUT2D eigenvalue weighted by molar-refractivity contribution is 5.93. The molecule has 2 heterocycles. The lowest BCUT2D eigenvalue weighted by atomic mass is 9.70. The van der Waals surface area contributed by atoms with E-state index in [0.717, 1.165) is 6.42 Å². The van der Waals surface area contributed by atoms with E-state index in [0.29, 0.717) is 30.0 Å². The molecule has 164 valence electrons. The van der Waals surface area contributed by atoms with Crippen molar-refractivity contribution < 1.29 is 34.2 Å². The van der Waals surface area contributed by atoms with Gasteiger partial charge in [0.05, 0.1) is 25.9 Å². The van der Waals surface area contributed by atoms with Crippen molar-refractivity contribution in [1.29, 1.82) is 0 Å². The summed E-state index contributed by atoms with van der Waals surface area (Å²) >= 11 is 0. The number of benzene rings is 1. The van der Waals surface area contributed by atoms with Crippen molar-refractivity contribution in [1.82, 2.24) is 4.90 Å². The SMILES string of the molecule is CCOC(=O)C1=C(C)N2CCCOC2(C)C(C(=O)OC)C1c1cccc([NH+]([O-])O)c1. The zero-order valence-electron chi connectivity index (χ0n) is 17.6. The van der Waals surface area contributed by atoms with Crippen molar-refractivity contribution in [3.63, 3.8) is 0 Å². The first-order valence-electron chi connectivity index (χ1n) is 9.96. The van der Waals surface area contributed by atoms with Gasteiger partial charge in [0.2, 0.25) is 0 Å². The molecule has 0 bridgehead atoms. The number of allylic oxidation sites excluding steroid dienone is 1. The van der Waals surface area contributed by atoms with Gasteiger partial charge in [-0.25, -0.2) is 10.0 Å². The van der Waals surface area contributed by atoms with E-state index in [1.54, 1.807) is 26.0 Å². The molecule has 0 aromatic heterocycles. The summed E-state index contributed by atoms with van der Waals surface area (Å²) < 4.78 is 16.6. The molecule has 1 saturated heterocycles. The summed E-state index contributed by atoms with van der Waals surface area (Å²) in [7, 11) is 1.29. The van der Waals surface area contributed by atoms with Crippen molar-refractivity contribution in [2.24, 2.45) is 5.92 Å². The summed E-state index contributed by atoms with van der Waals surface area (Å²) in [5.41, 5.74) is 0.506. The van der Waals surface area contributed by atoms with Gasteiger partial charge in [0.1, 0.15) is 5.92 Å². The van der Waals surface area contributed by atoms with Crippen LogP contribution in [0.25, 0.3) is 0 Å². The molecule has 3 rings (SSSR count). The summed E-state index contributed by atoms with van der Waals surface area (Å²) in [5, 5.41) is 19.9. The van der Waals surface area contributed by atoms with Crippen LogP contribution < -0.4 is 5.23 Å². The van der Waals surface area contributed by atoms with E-state index in [4.69, 9.17) is 14.2 Å². The van der Waals surface area contributed by atoms with Crippen LogP contribution in [0.2, 0.25) is 0 Å². The lowest BCUT2D eigenvalue weighted by molar-refractivity contribution is -0.991. The molecule has 1 aromatic carbocycles. The standard InChI is InChI=1S/C21H28N2O7/c1-5-29-19(24)16-13(2)22-10-7-11-30-21(22,3)18(20(25)28-4)17(16)14-8-6-9-15(12-14)23(26)27/h6,8-9,12,17-18,23,26H,5,7,10-11H2,1-4H3. The number of quaternary nitrogens is 1. The number of hydrogen-bond acceptors (Lipinski definition) is 8. The first-order valence-corrected chi connectivity index (χ1v) is 9.96. The molecule has 9 heteroatoms. The van der Waals surface area contributed by atoms with Gasteiger partial charge in [-0.05, 0) is 32.8 Å². The van der Waals surface area contributed by atoms with Crippen molar-refractivity contribution in [2.45, 2.75) is 38.8 Å². The fourth-order valence-corrected chi connectivity index (χ4v) is 4.60. The summed E-state index contributed by atoms with van der Waals surface area (Å²) in [6.07, 6.45) is 0.746. The number of methoxy groups -OCH3 is 1. The largest absolute Gasteiger partial charge is 0.595 e. The second-order valence-electron chi connectivity index (χ2n) is 7.54. The number of ether oxygens (including phenoxy) is 3. The van der Waals surface area contributed by atoms with Gasteiger partial charge in [-0.3, -0.25) is 4.79 Å². The predicted octanol–water partition coefficient (Wildman–Crippen LogP) is 1.25. The minimum atomic E-state index is -1.09. The second kappa shape index (κ2) is 8.73. The van der Waals surface area contributed by atoms with E-state index in [1.165, 1.54) is 19.2 Å². The van der Waals surface area contributed by atoms with Crippen LogP contribution in [0.15, 0.2) is 35.5 Å². The fraction of sp³-hybridized carbons (Fsp3) is 0.524. The van der Waals surface area contributed by atoms with Crippen LogP contribution in [-0.2, 0) is 23.8 Å². The Hall–Kier alpha value is -2.46. The maximum Gasteiger partial charge on any atom is 0.336 e. The van der Waals surface area contributed by atoms with Gasteiger partial charge in [0.15, 0.2) is 11.4 Å². The van der Waals surface area contributed by atoms with E-state index in [1.807, 2.05) is 11.8 Å². The van der Waals surface area contributed by atoms with Crippen LogP contribution >= 0.6 is 0 Å². The number of carbonyl (C=O) groups is 2. The number of carbonyl (C=O) groups excluding carboxylic acids is 2. The van der Waals surface area contributed by atoms with E-state index < -0.39 is 34.7 Å². The van der Waals surface area contributed by atoms with Crippen LogP contribution in [0.5, 0.6) is 0 Å². The van der Waals surface area contributed by atoms with Crippen molar-refractivity contribution in [2.75, 3.05) is 26.9 Å². The third kappa shape index (κ3) is 3.69. The molecule has 0 saturated carbocycles. The van der Waals surface area contributed by atoms with Crippen LogP contribution in [-0.4, -0.2) is 54.6 Å². The Kier molecular flexibility index (Phi) is 6.47. The number of hydrogen-bond donors (Lipinski definition) is 2. The molecule has 4 unspecified atom stereocenters. The highest BCUT2D eigenvalue weighted by atomic mass is 16.8. The van der Waals surface area contributed by atoms with Gasteiger partial charge >= 0.3 is 11.9 Å². The summed E-state index contributed by atoms with van der Waals surface area (Å²) in [4.78, 5) is 28.0. The summed E-state index contributed by atoms with van der Waals surface area (Å²) in [6.45, 7) is 6.58. The van der Waals surface area contributed by atoms with Crippen molar-refractivity contribution >= 4 is 17.6 Å². The van der Waals surface area contributed by atoms with Gasteiger partial charge < -0.3 is 24.3 Å². The third-order valence-electron chi connectivity index (χ3n) is 5.92. The monoisotopic (exact) mass is 420 g/mol. The second-order valence-corrected chi connectivity index (χ2v) is 7.54. The first kappa shape index (κ1) is 22.2. The smallest absolute Gasteiger partial charge is 0.336 e. The van der Waals surface area contributed by atoms with Gasteiger partial charge in [0, 0.05) is 30.3 Å². The lowest BCUT2D eigenvalue weighted by Gasteiger charge is -2.55. The Morgan fingerprint density at radius 2 is 2.17 bits per heavy atom. The third-order valence-corrected chi connectivity index (χ3v) is 5.92. The predicted molar refractivity (Wildman–Crippen MR) is 105 cm³/mol. The Morgan fingerprint density at radius 1 is 1.43 bits per heavy atom. The molecular weight excluding hydrogens is 392 g/mol. The summed E-state index contributed by atoms with van der Waals surface area (Å²) in [6, 6.07) is 6.26. The maximum atomic E-state index is 13.0. The average Bonchev–Trinajstić information content (AvgIpc) is 2.72. The number of fused-ring (bicyclic) bond motifs is 1. The van der Waals surface area contributed by atoms with E-state index in [-0.39, 0.29) is 12.3 Å². The molecule has 1 fully saturated rings. The van der Waals surface area contributed by atoms with Gasteiger partial charge in [-0.15, -0.1) is 0 Å².